The first kappa shape index (κ1) is 19.0. The van der Waals surface area contributed by atoms with Crippen LogP contribution in [-0.2, 0) is 0 Å². The van der Waals surface area contributed by atoms with Crippen LogP contribution in [0.15, 0.2) is 97.1 Å². The molecule has 0 unspecified atom stereocenters. The van der Waals surface area contributed by atoms with Crippen molar-refractivity contribution in [2.45, 2.75) is 6.92 Å². The van der Waals surface area contributed by atoms with Gasteiger partial charge in [-0.3, -0.25) is 0 Å². The van der Waals surface area contributed by atoms with Gasteiger partial charge in [0.2, 0.25) is 0 Å². The number of benzene rings is 4. The zero-order chi connectivity index (χ0) is 18.9. The second-order valence-electron chi connectivity index (χ2n) is 7.13. The van der Waals surface area contributed by atoms with Crippen LogP contribution in [-0.4, -0.2) is 4.98 Å². The summed E-state index contributed by atoms with van der Waals surface area (Å²) in [5.41, 5.74) is 6.48. The third kappa shape index (κ3) is 3.80. The summed E-state index contributed by atoms with van der Waals surface area (Å²) in [4.78, 5) is 4.93. The van der Waals surface area contributed by atoms with E-state index in [2.05, 4.69) is 103 Å². The first-order chi connectivity index (χ1) is 13.8. The van der Waals surface area contributed by atoms with E-state index in [1.165, 1.54) is 16.3 Å². The fourth-order valence-electron chi connectivity index (χ4n) is 3.57. The van der Waals surface area contributed by atoms with E-state index in [-0.39, 0.29) is 12.4 Å². The molecule has 0 spiro atoms. The molecule has 1 aromatic heterocycles. The number of anilines is 2. The maximum absolute atomic E-state index is 4.93. The summed E-state index contributed by atoms with van der Waals surface area (Å²) in [6, 6.07) is 33.8. The van der Waals surface area contributed by atoms with Gasteiger partial charge in [-0.2, -0.15) is 0 Å². The van der Waals surface area contributed by atoms with Gasteiger partial charge in [0.15, 0.2) is 0 Å². The summed E-state index contributed by atoms with van der Waals surface area (Å²) >= 11 is 0. The molecular weight excluding hydrogens is 376 g/mol. The molecule has 1 heterocycles. The highest BCUT2D eigenvalue weighted by Crippen LogP contribution is 2.31. The van der Waals surface area contributed by atoms with Crippen LogP contribution in [0.1, 0.15) is 5.56 Å². The Morgan fingerprint density at radius 3 is 2.24 bits per heavy atom. The van der Waals surface area contributed by atoms with Crippen molar-refractivity contribution in [2.75, 3.05) is 5.32 Å². The number of hydrogen-bond donors (Lipinski definition) is 1. The number of aryl methyl sites for hydroxylation is 1. The molecule has 0 bridgehead atoms. The molecule has 2 nitrogen and oxygen atoms in total. The Bertz CT molecular complexity index is 1290. The van der Waals surface area contributed by atoms with Gasteiger partial charge in [0.05, 0.1) is 16.9 Å². The van der Waals surface area contributed by atoms with Crippen molar-refractivity contribution in [1.82, 2.24) is 4.98 Å². The molecule has 0 aliphatic carbocycles. The lowest BCUT2D eigenvalue weighted by Crippen LogP contribution is -1.95. The van der Waals surface area contributed by atoms with Crippen molar-refractivity contribution < 1.29 is 0 Å². The first-order valence-electron chi connectivity index (χ1n) is 9.49. The number of hydrogen-bond acceptors (Lipinski definition) is 2. The summed E-state index contributed by atoms with van der Waals surface area (Å²) < 4.78 is 0. The van der Waals surface area contributed by atoms with E-state index in [9.17, 15) is 0 Å². The van der Waals surface area contributed by atoms with E-state index >= 15 is 0 Å². The Morgan fingerprint density at radius 1 is 0.690 bits per heavy atom. The van der Waals surface area contributed by atoms with Crippen LogP contribution >= 0.6 is 12.4 Å². The third-order valence-corrected chi connectivity index (χ3v) is 5.09. The fraction of sp³-hybridized carbons (Fsp3) is 0.0385. The average Bonchev–Trinajstić information content (AvgIpc) is 2.75. The molecule has 0 radical (unpaired) electrons. The smallest absolute Gasteiger partial charge is 0.0730 e. The van der Waals surface area contributed by atoms with Crippen LogP contribution in [0.5, 0.6) is 0 Å². The minimum Gasteiger partial charge on any atom is -0.355 e. The van der Waals surface area contributed by atoms with Crippen LogP contribution in [0.3, 0.4) is 0 Å². The lowest BCUT2D eigenvalue weighted by atomic mass is 10.0. The molecule has 0 atom stereocenters. The molecule has 29 heavy (non-hydrogen) atoms. The maximum atomic E-state index is 4.93. The molecule has 142 valence electrons. The van der Waals surface area contributed by atoms with Gasteiger partial charge in [-0.15, -0.1) is 12.4 Å². The van der Waals surface area contributed by atoms with Crippen LogP contribution in [0.4, 0.5) is 11.4 Å². The second-order valence-corrected chi connectivity index (χ2v) is 7.13. The Morgan fingerprint density at radius 2 is 1.41 bits per heavy atom. The molecule has 5 aromatic rings. The molecule has 5 rings (SSSR count). The van der Waals surface area contributed by atoms with Crippen molar-refractivity contribution in [2.24, 2.45) is 0 Å². The predicted octanol–water partition coefficient (Wildman–Crippen LogP) is 7.53. The van der Waals surface area contributed by atoms with Gasteiger partial charge in [0, 0.05) is 16.6 Å². The van der Waals surface area contributed by atoms with Gasteiger partial charge in [-0.1, -0.05) is 72.3 Å². The number of fused-ring (bicyclic) bond motifs is 2. The van der Waals surface area contributed by atoms with Crippen LogP contribution in [0, 0.1) is 6.92 Å². The van der Waals surface area contributed by atoms with Crippen LogP contribution < -0.4 is 5.32 Å². The number of aromatic nitrogens is 1. The second kappa shape index (κ2) is 7.94. The molecule has 0 fully saturated rings. The maximum Gasteiger partial charge on any atom is 0.0730 e. The summed E-state index contributed by atoms with van der Waals surface area (Å²) in [6.07, 6.45) is 0. The van der Waals surface area contributed by atoms with E-state index in [1.807, 2.05) is 6.07 Å². The molecule has 1 N–H and O–H groups in total. The van der Waals surface area contributed by atoms with Crippen LogP contribution in [0.25, 0.3) is 32.9 Å². The first-order valence-corrected chi connectivity index (χ1v) is 9.49. The van der Waals surface area contributed by atoms with E-state index in [4.69, 9.17) is 4.98 Å². The monoisotopic (exact) mass is 396 g/mol. The SMILES string of the molecule is Cc1ccc(Nc2cc(-c3ccc4ccccc4c3)nc3ccccc23)cc1.Cl. The van der Waals surface area contributed by atoms with Crippen molar-refractivity contribution in [3.05, 3.63) is 103 Å². The quantitative estimate of drug-likeness (QED) is 0.341. The molecule has 4 aromatic carbocycles. The minimum atomic E-state index is 0. The van der Waals surface area contributed by atoms with Crippen LogP contribution in [0.2, 0.25) is 0 Å². The number of nitrogens with zero attached hydrogens (tertiary/aromatic N) is 1. The van der Waals surface area contributed by atoms with Gasteiger partial charge >= 0.3 is 0 Å². The number of pyridine rings is 1. The standard InChI is InChI=1S/C26H20N2.ClH/c1-18-10-14-22(15-11-18)27-26-17-25(28-24-9-5-4-8-23(24)26)21-13-12-19-6-2-3-7-20(19)16-21;/h2-17H,1H3,(H,27,28);1H. The summed E-state index contributed by atoms with van der Waals surface area (Å²) in [6.45, 7) is 2.10. The number of halogens is 1. The lowest BCUT2D eigenvalue weighted by molar-refractivity contribution is 1.39. The molecule has 0 aliphatic heterocycles. The van der Waals surface area contributed by atoms with Gasteiger partial charge in [0.1, 0.15) is 0 Å². The van der Waals surface area contributed by atoms with Crippen molar-refractivity contribution in [3.8, 4) is 11.3 Å². The topological polar surface area (TPSA) is 24.9 Å². The van der Waals surface area contributed by atoms with Crippen molar-refractivity contribution in [1.29, 1.82) is 0 Å². The molecule has 0 saturated carbocycles. The Labute approximate surface area is 176 Å². The van der Waals surface area contributed by atoms with E-state index in [0.717, 1.165) is 33.5 Å². The zero-order valence-corrected chi connectivity index (χ0v) is 16.9. The Kier molecular flexibility index (Phi) is 5.20. The molecular formula is C26H21ClN2. The molecule has 0 saturated heterocycles. The van der Waals surface area contributed by atoms with Gasteiger partial charge in [-0.25, -0.2) is 4.98 Å². The summed E-state index contributed by atoms with van der Waals surface area (Å²) in [5, 5.41) is 7.17. The van der Waals surface area contributed by atoms with Gasteiger partial charge < -0.3 is 5.32 Å². The number of para-hydroxylation sites is 1. The fourth-order valence-corrected chi connectivity index (χ4v) is 3.57. The largest absolute Gasteiger partial charge is 0.355 e. The summed E-state index contributed by atoms with van der Waals surface area (Å²) in [5.74, 6) is 0. The number of rotatable bonds is 3. The Hall–Kier alpha value is -3.36. The van der Waals surface area contributed by atoms with E-state index < -0.39 is 0 Å². The predicted molar refractivity (Wildman–Crippen MR) is 126 cm³/mol. The van der Waals surface area contributed by atoms with Gasteiger partial charge in [-0.05, 0) is 48.0 Å². The van der Waals surface area contributed by atoms with Crippen molar-refractivity contribution >= 4 is 45.5 Å². The van der Waals surface area contributed by atoms with Crippen molar-refractivity contribution in [3.63, 3.8) is 0 Å². The highest BCUT2D eigenvalue weighted by molar-refractivity contribution is 5.96. The summed E-state index contributed by atoms with van der Waals surface area (Å²) in [7, 11) is 0. The highest BCUT2D eigenvalue weighted by Gasteiger charge is 2.08. The molecule has 3 heteroatoms. The zero-order valence-electron chi connectivity index (χ0n) is 16.1. The molecule has 0 amide bonds. The van der Waals surface area contributed by atoms with E-state index in [1.54, 1.807) is 0 Å². The highest BCUT2D eigenvalue weighted by atomic mass is 35.5. The minimum absolute atomic E-state index is 0. The normalized spacial score (nSPS) is 10.7. The lowest BCUT2D eigenvalue weighted by Gasteiger charge is -2.13. The van der Waals surface area contributed by atoms with E-state index in [0.29, 0.717) is 0 Å². The Balaban J connectivity index is 0.00000205. The molecule has 0 aliphatic rings. The third-order valence-electron chi connectivity index (χ3n) is 5.09. The van der Waals surface area contributed by atoms with Gasteiger partial charge in [0.25, 0.3) is 0 Å². The average molecular weight is 397 g/mol. The number of nitrogens with one attached hydrogen (secondary N) is 1.